The van der Waals surface area contributed by atoms with E-state index in [0.29, 0.717) is 35.2 Å². The Bertz CT molecular complexity index is 1140. The third-order valence-corrected chi connectivity index (χ3v) is 5.53. The minimum atomic E-state index is -0.699. The normalized spacial score (nSPS) is 16.6. The summed E-state index contributed by atoms with van der Waals surface area (Å²) in [5.74, 6) is -1.22. The molecule has 0 N–H and O–H groups in total. The van der Waals surface area contributed by atoms with Gasteiger partial charge in [-0.15, -0.1) is 0 Å². The second-order valence-electron chi connectivity index (χ2n) is 7.55. The van der Waals surface area contributed by atoms with Gasteiger partial charge in [0.2, 0.25) is 5.76 Å². The van der Waals surface area contributed by atoms with E-state index in [4.69, 9.17) is 18.7 Å². The molecule has 2 aromatic rings. The van der Waals surface area contributed by atoms with Crippen LogP contribution in [0.5, 0.6) is 0 Å². The van der Waals surface area contributed by atoms with Gasteiger partial charge in [-0.25, -0.2) is 9.59 Å². The predicted octanol–water partition coefficient (Wildman–Crippen LogP) is 3.43. The summed E-state index contributed by atoms with van der Waals surface area (Å²) in [5.41, 5.74) is 2.66. The molecule has 178 valence electrons. The number of carbonyl (C=O) groups excluding carboxylic acids is 2. The third-order valence-electron chi connectivity index (χ3n) is 5.53. The molecule has 3 rings (SSSR count). The first-order valence-corrected chi connectivity index (χ1v) is 11.3. The van der Waals surface area contributed by atoms with Gasteiger partial charge in [0.15, 0.2) is 5.43 Å². The molecule has 1 unspecified atom stereocenters. The molecule has 9 nitrogen and oxygen atoms in total. The van der Waals surface area contributed by atoms with E-state index in [1.54, 1.807) is 19.9 Å². The molecule has 0 radical (unpaired) electrons. The first-order valence-electron chi connectivity index (χ1n) is 11.3. The standard InChI is InChI=1S/C24H30N2O7/c1-6-10-14-21-15(11-16-19(27)13-20(33-22(14)16)24(29)32-9-4)17(25-30-5)12-18(26(21)7-2)23(28)31-8-3/h11,13,18H,6-10,12H2,1-5H3/b25-17+. The molecular weight excluding hydrogens is 428 g/mol. The largest absolute Gasteiger partial charge is 0.464 e. The maximum Gasteiger partial charge on any atom is 0.374 e. The van der Waals surface area contributed by atoms with Crippen LogP contribution < -0.4 is 10.3 Å². The summed E-state index contributed by atoms with van der Waals surface area (Å²) >= 11 is 0. The van der Waals surface area contributed by atoms with Crippen molar-refractivity contribution in [1.82, 2.24) is 0 Å². The van der Waals surface area contributed by atoms with E-state index in [2.05, 4.69) is 5.16 Å². The molecule has 1 aliphatic heterocycles. The summed E-state index contributed by atoms with van der Waals surface area (Å²) in [7, 11) is 1.44. The fourth-order valence-corrected chi connectivity index (χ4v) is 4.26. The van der Waals surface area contributed by atoms with Crippen LogP contribution in [0.3, 0.4) is 0 Å². The van der Waals surface area contributed by atoms with E-state index in [0.717, 1.165) is 23.7 Å². The predicted molar refractivity (Wildman–Crippen MR) is 124 cm³/mol. The van der Waals surface area contributed by atoms with Crippen molar-refractivity contribution >= 4 is 34.3 Å². The number of anilines is 1. The van der Waals surface area contributed by atoms with Gasteiger partial charge in [0, 0.05) is 30.2 Å². The Balaban J connectivity index is 2.38. The lowest BCUT2D eigenvalue weighted by Gasteiger charge is -2.38. The zero-order valence-electron chi connectivity index (χ0n) is 19.7. The Morgan fingerprint density at radius 2 is 1.88 bits per heavy atom. The van der Waals surface area contributed by atoms with Gasteiger partial charge < -0.3 is 23.6 Å². The van der Waals surface area contributed by atoms with Gasteiger partial charge in [0.05, 0.1) is 30.0 Å². The molecule has 2 heterocycles. The summed E-state index contributed by atoms with van der Waals surface area (Å²) in [6.07, 6.45) is 1.58. The monoisotopic (exact) mass is 458 g/mol. The molecular formula is C24H30N2O7. The molecule has 9 heteroatoms. The van der Waals surface area contributed by atoms with Crippen LogP contribution in [0, 0.1) is 0 Å². The summed E-state index contributed by atoms with van der Waals surface area (Å²) < 4.78 is 16.3. The van der Waals surface area contributed by atoms with Crippen LogP contribution in [-0.4, -0.2) is 50.6 Å². The summed E-state index contributed by atoms with van der Waals surface area (Å²) in [4.78, 5) is 45.2. The number of rotatable bonds is 8. The van der Waals surface area contributed by atoms with E-state index < -0.39 is 12.0 Å². The number of nitrogens with zero attached hydrogens (tertiary/aromatic N) is 2. The Morgan fingerprint density at radius 3 is 2.48 bits per heavy atom. The van der Waals surface area contributed by atoms with Crippen molar-refractivity contribution in [2.24, 2.45) is 5.16 Å². The second-order valence-corrected chi connectivity index (χ2v) is 7.55. The van der Waals surface area contributed by atoms with E-state index in [-0.39, 0.29) is 36.8 Å². The van der Waals surface area contributed by atoms with Gasteiger partial charge in [-0.3, -0.25) is 4.79 Å². The van der Waals surface area contributed by atoms with Gasteiger partial charge in [-0.05, 0) is 33.3 Å². The average Bonchev–Trinajstić information content (AvgIpc) is 2.79. The Labute approximate surface area is 192 Å². The molecule has 0 bridgehead atoms. The summed E-state index contributed by atoms with van der Waals surface area (Å²) in [5, 5.41) is 4.50. The summed E-state index contributed by atoms with van der Waals surface area (Å²) in [6.45, 7) is 8.32. The molecule has 0 saturated carbocycles. The molecule has 1 aromatic heterocycles. The van der Waals surface area contributed by atoms with Crippen molar-refractivity contribution in [3.05, 3.63) is 39.2 Å². The highest BCUT2D eigenvalue weighted by atomic mass is 16.6. The SMILES string of the molecule is CCCc1c2c(cc3c(=O)cc(C(=O)OCC)oc13)/C(=N/OC)CC(C(=O)OCC)N2CC. The van der Waals surface area contributed by atoms with E-state index >= 15 is 0 Å². The van der Waals surface area contributed by atoms with Crippen LogP contribution >= 0.6 is 0 Å². The fourth-order valence-electron chi connectivity index (χ4n) is 4.26. The molecule has 0 spiro atoms. The molecule has 0 saturated heterocycles. The van der Waals surface area contributed by atoms with Crippen molar-refractivity contribution in [2.75, 3.05) is 31.8 Å². The zero-order chi connectivity index (χ0) is 24.1. The van der Waals surface area contributed by atoms with Crippen LogP contribution in [0.4, 0.5) is 5.69 Å². The molecule has 1 aliphatic rings. The number of hydrogen-bond donors (Lipinski definition) is 0. The number of benzene rings is 1. The number of ether oxygens (including phenoxy) is 2. The fraction of sp³-hybridized carbons (Fsp3) is 0.500. The molecule has 0 fully saturated rings. The van der Waals surface area contributed by atoms with Crippen LogP contribution in [0.25, 0.3) is 11.0 Å². The lowest BCUT2D eigenvalue weighted by atomic mass is 9.88. The first kappa shape index (κ1) is 24.3. The first-order chi connectivity index (χ1) is 15.9. The molecule has 1 atom stereocenters. The number of aryl methyl sites for hydroxylation is 1. The summed E-state index contributed by atoms with van der Waals surface area (Å²) in [6, 6.07) is 2.24. The highest BCUT2D eigenvalue weighted by molar-refractivity contribution is 6.13. The number of esters is 2. The average molecular weight is 459 g/mol. The lowest BCUT2D eigenvalue weighted by Crippen LogP contribution is -2.48. The zero-order valence-corrected chi connectivity index (χ0v) is 19.7. The van der Waals surface area contributed by atoms with Crippen LogP contribution in [0.2, 0.25) is 0 Å². The van der Waals surface area contributed by atoms with Crippen molar-refractivity contribution in [2.45, 2.75) is 53.0 Å². The number of oxime groups is 1. The van der Waals surface area contributed by atoms with E-state index in [1.807, 2.05) is 18.7 Å². The Morgan fingerprint density at radius 1 is 1.15 bits per heavy atom. The van der Waals surface area contributed by atoms with Crippen LogP contribution in [0.1, 0.15) is 62.2 Å². The quantitative estimate of drug-likeness (QED) is 0.437. The maximum absolute atomic E-state index is 13.0. The Kier molecular flexibility index (Phi) is 7.73. The van der Waals surface area contributed by atoms with Crippen molar-refractivity contribution in [1.29, 1.82) is 0 Å². The van der Waals surface area contributed by atoms with Gasteiger partial charge in [0.1, 0.15) is 18.7 Å². The number of likely N-dealkylation sites (N-methyl/N-ethyl adjacent to an activating group) is 1. The van der Waals surface area contributed by atoms with Gasteiger partial charge in [-0.2, -0.15) is 0 Å². The molecule has 0 aliphatic carbocycles. The molecule has 33 heavy (non-hydrogen) atoms. The van der Waals surface area contributed by atoms with Gasteiger partial charge in [-0.1, -0.05) is 18.5 Å². The Hall–Kier alpha value is -3.36. The minimum Gasteiger partial charge on any atom is -0.464 e. The highest BCUT2D eigenvalue weighted by Crippen LogP contribution is 2.39. The van der Waals surface area contributed by atoms with Gasteiger partial charge >= 0.3 is 11.9 Å². The highest BCUT2D eigenvalue weighted by Gasteiger charge is 2.38. The number of carbonyl (C=O) groups is 2. The van der Waals surface area contributed by atoms with Gasteiger partial charge in [0.25, 0.3) is 0 Å². The number of hydrogen-bond acceptors (Lipinski definition) is 9. The minimum absolute atomic E-state index is 0.154. The molecule has 0 amide bonds. The third kappa shape index (κ3) is 4.58. The topological polar surface area (TPSA) is 108 Å². The van der Waals surface area contributed by atoms with Crippen molar-refractivity contribution < 1.29 is 28.3 Å². The number of fused-ring (bicyclic) bond motifs is 2. The smallest absolute Gasteiger partial charge is 0.374 e. The van der Waals surface area contributed by atoms with Crippen LogP contribution in [0.15, 0.2) is 26.5 Å². The second kappa shape index (κ2) is 10.5. The maximum atomic E-state index is 13.0. The van der Waals surface area contributed by atoms with E-state index in [1.165, 1.54) is 7.11 Å². The lowest BCUT2D eigenvalue weighted by molar-refractivity contribution is -0.144. The van der Waals surface area contributed by atoms with E-state index in [9.17, 15) is 14.4 Å². The van der Waals surface area contributed by atoms with Crippen LogP contribution in [-0.2, 0) is 25.5 Å². The molecule has 1 aromatic carbocycles. The van der Waals surface area contributed by atoms with Crippen molar-refractivity contribution in [3.8, 4) is 0 Å². The van der Waals surface area contributed by atoms with Crippen molar-refractivity contribution in [3.63, 3.8) is 0 Å².